The average molecular weight is 972 g/mol. The zero-order chi connectivity index (χ0) is 50.0. The lowest BCUT2D eigenvalue weighted by Gasteiger charge is -2.18. The Kier molecular flexibility index (Phi) is 56.7. The highest BCUT2D eigenvalue weighted by molar-refractivity contribution is 5.71. The van der Waals surface area contributed by atoms with E-state index >= 15 is 0 Å². The second kappa shape index (κ2) is 58.5. The topological polar surface area (TPSA) is 78.9 Å². The fourth-order valence-electron chi connectivity index (χ4n) is 9.26. The molecule has 0 unspecified atom stereocenters. The summed E-state index contributed by atoms with van der Waals surface area (Å²) >= 11 is 0. The van der Waals surface area contributed by atoms with E-state index in [0.29, 0.717) is 19.3 Å². The maximum atomic E-state index is 12.9. The molecule has 0 aliphatic carbocycles. The molecule has 0 saturated carbocycles. The van der Waals surface area contributed by atoms with Crippen molar-refractivity contribution in [3.8, 4) is 0 Å². The summed E-state index contributed by atoms with van der Waals surface area (Å²) in [5, 5.41) is 0. The molecule has 6 nitrogen and oxygen atoms in total. The van der Waals surface area contributed by atoms with Gasteiger partial charge in [0.1, 0.15) is 13.2 Å². The quantitative estimate of drug-likeness (QED) is 0.0261. The molecule has 69 heavy (non-hydrogen) atoms. The summed E-state index contributed by atoms with van der Waals surface area (Å²) < 4.78 is 16.9. The lowest BCUT2D eigenvalue weighted by molar-refractivity contribution is -0.167. The maximum Gasteiger partial charge on any atom is 0.306 e. The minimum absolute atomic E-state index is 0.0682. The second-order valence-electron chi connectivity index (χ2n) is 21.0. The summed E-state index contributed by atoms with van der Waals surface area (Å²) in [5.41, 5.74) is 0. The Labute approximate surface area is 430 Å². The molecule has 1 atom stereocenters. The zero-order valence-electron chi connectivity index (χ0n) is 46.6. The van der Waals surface area contributed by atoms with E-state index in [1.165, 1.54) is 244 Å². The summed E-state index contributed by atoms with van der Waals surface area (Å²) in [6.07, 6.45) is 68.9. The Balaban J connectivity index is 4.29. The van der Waals surface area contributed by atoms with Crippen LogP contribution in [0.2, 0.25) is 0 Å². The minimum atomic E-state index is -0.770. The van der Waals surface area contributed by atoms with Crippen LogP contribution in [0.1, 0.15) is 342 Å². The number of esters is 3. The fraction of sp³-hybridized carbons (Fsp3) is 0.889. The van der Waals surface area contributed by atoms with Crippen molar-refractivity contribution in [3.05, 3.63) is 24.3 Å². The van der Waals surface area contributed by atoms with Gasteiger partial charge in [-0.05, 0) is 70.6 Å². The first-order valence-electron chi connectivity index (χ1n) is 30.8. The van der Waals surface area contributed by atoms with Gasteiger partial charge in [0, 0.05) is 19.3 Å². The highest BCUT2D eigenvalue weighted by Crippen LogP contribution is 2.17. The summed E-state index contributed by atoms with van der Waals surface area (Å²) in [7, 11) is 0. The van der Waals surface area contributed by atoms with Crippen molar-refractivity contribution in [3.63, 3.8) is 0 Å². The number of hydrogen-bond acceptors (Lipinski definition) is 6. The Hall–Kier alpha value is -2.11. The summed E-state index contributed by atoms with van der Waals surface area (Å²) in [6.45, 7) is 6.68. The van der Waals surface area contributed by atoms with Gasteiger partial charge >= 0.3 is 17.9 Å². The highest BCUT2D eigenvalue weighted by atomic mass is 16.6. The van der Waals surface area contributed by atoms with E-state index in [-0.39, 0.29) is 31.1 Å². The molecular formula is C63H118O6. The molecular weight excluding hydrogens is 853 g/mol. The first-order valence-corrected chi connectivity index (χ1v) is 30.8. The Morgan fingerprint density at radius 3 is 0.725 bits per heavy atom. The highest BCUT2D eigenvalue weighted by Gasteiger charge is 2.19. The number of carbonyl (C=O) groups excluding carboxylic acids is 3. The Morgan fingerprint density at radius 2 is 0.478 bits per heavy atom. The van der Waals surface area contributed by atoms with Gasteiger partial charge in [-0.2, -0.15) is 0 Å². The van der Waals surface area contributed by atoms with Gasteiger partial charge < -0.3 is 14.2 Å². The SMILES string of the molecule is CCCCCCCC/C=C\CCCCCCCCCCCCCC(=O)OC[C@H](COC(=O)CCCCCCCCCCCCCCC)OC(=O)CCCCCCCCC/C=C\CCCCCCCC. The van der Waals surface area contributed by atoms with E-state index in [4.69, 9.17) is 14.2 Å². The number of rotatable bonds is 57. The van der Waals surface area contributed by atoms with E-state index < -0.39 is 6.10 Å². The number of carbonyl (C=O) groups is 3. The van der Waals surface area contributed by atoms with Crippen molar-refractivity contribution in [2.24, 2.45) is 0 Å². The smallest absolute Gasteiger partial charge is 0.306 e. The van der Waals surface area contributed by atoms with Gasteiger partial charge in [-0.1, -0.05) is 276 Å². The molecule has 0 bridgehead atoms. The van der Waals surface area contributed by atoms with Crippen molar-refractivity contribution in [2.45, 2.75) is 348 Å². The first kappa shape index (κ1) is 66.9. The van der Waals surface area contributed by atoms with Crippen molar-refractivity contribution >= 4 is 17.9 Å². The van der Waals surface area contributed by atoms with Crippen LogP contribution in [-0.4, -0.2) is 37.2 Å². The molecule has 0 saturated heterocycles. The molecule has 0 heterocycles. The molecule has 0 N–H and O–H groups in total. The molecule has 0 aromatic heterocycles. The third-order valence-electron chi connectivity index (χ3n) is 13.9. The lowest BCUT2D eigenvalue weighted by atomic mass is 10.0. The van der Waals surface area contributed by atoms with Crippen LogP contribution in [0.25, 0.3) is 0 Å². The second-order valence-corrected chi connectivity index (χ2v) is 21.0. The van der Waals surface area contributed by atoms with Crippen LogP contribution in [0.15, 0.2) is 24.3 Å². The van der Waals surface area contributed by atoms with E-state index in [1.54, 1.807) is 0 Å². The summed E-state index contributed by atoms with van der Waals surface area (Å²) in [5.74, 6) is -0.850. The van der Waals surface area contributed by atoms with Crippen molar-refractivity contribution in [1.82, 2.24) is 0 Å². The molecule has 0 aliphatic heterocycles. The zero-order valence-corrected chi connectivity index (χ0v) is 46.6. The monoisotopic (exact) mass is 971 g/mol. The van der Waals surface area contributed by atoms with Crippen LogP contribution in [0.3, 0.4) is 0 Å². The van der Waals surface area contributed by atoms with Gasteiger partial charge in [0.15, 0.2) is 6.10 Å². The fourth-order valence-corrected chi connectivity index (χ4v) is 9.26. The molecule has 0 aromatic carbocycles. The Bertz CT molecular complexity index is 1110. The van der Waals surface area contributed by atoms with E-state index in [1.807, 2.05) is 0 Å². The number of hydrogen-bond donors (Lipinski definition) is 0. The molecule has 0 aliphatic rings. The minimum Gasteiger partial charge on any atom is -0.462 e. The summed E-state index contributed by atoms with van der Waals surface area (Å²) in [4.78, 5) is 38.2. The molecule has 0 fully saturated rings. The standard InChI is InChI=1S/C63H118O6/c1-4-7-10-13-16-19-22-25-27-29-30-31-32-34-35-38-41-44-47-50-53-56-62(65)68-59-60(58-67-61(64)55-52-49-46-43-40-37-24-21-18-15-12-9-6-3)69-63(66)57-54-51-48-45-42-39-36-33-28-26-23-20-17-14-11-8-5-2/h25-28,60H,4-24,29-59H2,1-3H3/b27-25-,28-26-/t60-/m0/s1. The predicted octanol–water partition coefficient (Wildman–Crippen LogP) is 20.7. The van der Waals surface area contributed by atoms with Crippen LogP contribution >= 0.6 is 0 Å². The molecule has 0 rings (SSSR count). The van der Waals surface area contributed by atoms with Crippen LogP contribution in [0, 0.1) is 0 Å². The van der Waals surface area contributed by atoms with Gasteiger partial charge in [0.2, 0.25) is 0 Å². The van der Waals surface area contributed by atoms with E-state index in [2.05, 4.69) is 45.1 Å². The van der Waals surface area contributed by atoms with E-state index in [0.717, 1.165) is 57.8 Å². The van der Waals surface area contributed by atoms with Crippen LogP contribution < -0.4 is 0 Å². The molecule has 406 valence electrons. The predicted molar refractivity (Wildman–Crippen MR) is 298 cm³/mol. The van der Waals surface area contributed by atoms with Crippen LogP contribution in [0.4, 0.5) is 0 Å². The molecule has 0 radical (unpaired) electrons. The molecule has 0 amide bonds. The first-order chi connectivity index (χ1) is 34.0. The van der Waals surface area contributed by atoms with Crippen LogP contribution in [0.5, 0.6) is 0 Å². The number of allylic oxidation sites excluding steroid dienone is 4. The van der Waals surface area contributed by atoms with E-state index in [9.17, 15) is 14.4 Å². The van der Waals surface area contributed by atoms with Gasteiger partial charge in [0.25, 0.3) is 0 Å². The van der Waals surface area contributed by atoms with Crippen molar-refractivity contribution < 1.29 is 28.6 Å². The largest absolute Gasteiger partial charge is 0.462 e. The van der Waals surface area contributed by atoms with Crippen molar-refractivity contribution in [2.75, 3.05) is 13.2 Å². The third kappa shape index (κ3) is 56.7. The van der Waals surface area contributed by atoms with Gasteiger partial charge in [-0.3, -0.25) is 14.4 Å². The average Bonchev–Trinajstić information content (AvgIpc) is 3.35. The molecule has 6 heteroatoms. The van der Waals surface area contributed by atoms with Gasteiger partial charge in [-0.25, -0.2) is 0 Å². The summed E-state index contributed by atoms with van der Waals surface area (Å²) in [6, 6.07) is 0. The van der Waals surface area contributed by atoms with Crippen LogP contribution in [-0.2, 0) is 28.6 Å². The lowest BCUT2D eigenvalue weighted by Crippen LogP contribution is -2.30. The number of unbranched alkanes of at least 4 members (excludes halogenated alkanes) is 42. The van der Waals surface area contributed by atoms with Gasteiger partial charge in [-0.15, -0.1) is 0 Å². The third-order valence-corrected chi connectivity index (χ3v) is 13.9. The van der Waals surface area contributed by atoms with Gasteiger partial charge in [0.05, 0.1) is 0 Å². The molecule has 0 spiro atoms. The normalized spacial score (nSPS) is 12.1. The van der Waals surface area contributed by atoms with Crippen molar-refractivity contribution in [1.29, 1.82) is 0 Å². The number of ether oxygens (including phenoxy) is 3. The Morgan fingerprint density at radius 1 is 0.275 bits per heavy atom. The molecule has 0 aromatic rings. The maximum absolute atomic E-state index is 12.9.